The Hall–Kier alpha value is -3.92. The van der Waals surface area contributed by atoms with Crippen molar-refractivity contribution in [2.45, 2.75) is 33.0 Å². The van der Waals surface area contributed by atoms with E-state index in [1.165, 1.54) is 22.8 Å². The van der Waals surface area contributed by atoms with E-state index in [2.05, 4.69) is 21.6 Å². The molecule has 0 amide bonds. The summed E-state index contributed by atoms with van der Waals surface area (Å²) in [5, 5.41) is 3.33. The Labute approximate surface area is 205 Å². The number of benzene rings is 2. The van der Waals surface area contributed by atoms with E-state index in [1.807, 2.05) is 0 Å². The predicted molar refractivity (Wildman–Crippen MR) is 130 cm³/mol. The van der Waals surface area contributed by atoms with Crippen LogP contribution in [0.3, 0.4) is 0 Å². The summed E-state index contributed by atoms with van der Waals surface area (Å²) in [5.41, 5.74) is -0.852. The van der Waals surface area contributed by atoms with Crippen molar-refractivity contribution in [2.24, 2.45) is 0 Å². The van der Waals surface area contributed by atoms with Crippen LogP contribution in [0.1, 0.15) is 19.4 Å². The lowest BCUT2D eigenvalue weighted by atomic mass is 10.2. The highest BCUT2D eigenvalue weighted by molar-refractivity contribution is 6.30. The van der Waals surface area contributed by atoms with E-state index < -0.39 is 29.7 Å². The highest BCUT2D eigenvalue weighted by Gasteiger charge is 2.18. The van der Waals surface area contributed by atoms with E-state index >= 15 is 0 Å². The van der Waals surface area contributed by atoms with E-state index in [9.17, 15) is 18.8 Å². The lowest BCUT2D eigenvalue weighted by Crippen LogP contribution is -2.43. The van der Waals surface area contributed by atoms with Crippen LogP contribution in [0.25, 0.3) is 0 Å². The molecule has 0 aliphatic carbocycles. The minimum absolute atomic E-state index is 0.00728. The molecule has 1 aromatic heterocycles. The predicted octanol–water partition coefficient (Wildman–Crippen LogP) is 3.51. The maximum absolute atomic E-state index is 14.5. The second-order valence-electron chi connectivity index (χ2n) is 7.83. The number of hydrogen-bond donors (Lipinski definition) is 1. The molecular formula is C24H24ClFN4O5. The van der Waals surface area contributed by atoms with Gasteiger partial charge in [-0.2, -0.15) is 4.98 Å². The van der Waals surface area contributed by atoms with Gasteiger partial charge in [0.15, 0.2) is 11.6 Å². The van der Waals surface area contributed by atoms with Crippen LogP contribution >= 0.6 is 11.6 Å². The van der Waals surface area contributed by atoms with Gasteiger partial charge in [0.05, 0.1) is 31.9 Å². The Balaban J connectivity index is 2.05. The van der Waals surface area contributed by atoms with E-state index in [-0.39, 0.29) is 35.6 Å². The normalized spacial score (nSPS) is 10.8. The number of esters is 1. The Kier molecular flexibility index (Phi) is 8.08. The molecule has 0 spiro atoms. The first kappa shape index (κ1) is 25.7. The minimum atomic E-state index is -0.921. The first-order chi connectivity index (χ1) is 16.6. The zero-order valence-electron chi connectivity index (χ0n) is 19.4. The molecule has 0 atom stereocenters. The smallest absolute Gasteiger partial charge is 0.355 e. The molecule has 1 heterocycles. The molecule has 0 saturated carbocycles. The Bertz CT molecular complexity index is 1370. The summed E-state index contributed by atoms with van der Waals surface area (Å²) in [5.74, 6) is -1.44. The molecule has 0 unspecified atom stereocenters. The van der Waals surface area contributed by atoms with Crippen molar-refractivity contribution < 1.29 is 18.7 Å². The lowest BCUT2D eigenvalue weighted by molar-refractivity contribution is -0.136. The van der Waals surface area contributed by atoms with Crippen LogP contribution < -0.4 is 21.4 Å². The SMILES string of the molecule is C=C(Cn1c(=O)nc(Nc2ccc(OC(C)C)c(F)c2)n(Cc2ccc(Cl)cc2)c1=O)C(=O)OC. The second-order valence-corrected chi connectivity index (χ2v) is 8.27. The van der Waals surface area contributed by atoms with Gasteiger partial charge in [-0.1, -0.05) is 30.3 Å². The third-order valence-electron chi connectivity index (χ3n) is 4.78. The molecule has 0 radical (unpaired) electrons. The number of rotatable bonds is 9. The number of aromatic nitrogens is 3. The molecule has 3 aromatic rings. The quantitative estimate of drug-likeness (QED) is 0.352. The van der Waals surface area contributed by atoms with Crippen LogP contribution in [-0.2, 0) is 22.6 Å². The zero-order chi connectivity index (χ0) is 25.7. The van der Waals surface area contributed by atoms with Gasteiger partial charge in [0.25, 0.3) is 0 Å². The zero-order valence-corrected chi connectivity index (χ0v) is 20.1. The molecule has 0 aliphatic heterocycles. The van der Waals surface area contributed by atoms with Crippen LogP contribution in [0.15, 0.2) is 64.2 Å². The van der Waals surface area contributed by atoms with Crippen molar-refractivity contribution in [3.05, 3.63) is 92.0 Å². The van der Waals surface area contributed by atoms with Crippen molar-refractivity contribution in [3.63, 3.8) is 0 Å². The fraction of sp³-hybridized carbons (Fsp3) is 0.250. The Morgan fingerprint density at radius 2 is 1.86 bits per heavy atom. The third-order valence-corrected chi connectivity index (χ3v) is 5.03. The van der Waals surface area contributed by atoms with Gasteiger partial charge in [0.2, 0.25) is 5.95 Å². The summed E-state index contributed by atoms with van der Waals surface area (Å²) < 4.78 is 26.4. The van der Waals surface area contributed by atoms with Gasteiger partial charge in [-0.15, -0.1) is 0 Å². The Morgan fingerprint density at radius 1 is 1.17 bits per heavy atom. The summed E-state index contributed by atoms with van der Waals surface area (Å²) in [6.07, 6.45) is -0.220. The number of carbonyl (C=O) groups excluding carboxylic acids is 1. The second kappa shape index (κ2) is 11.0. The lowest BCUT2D eigenvalue weighted by Gasteiger charge is -2.17. The molecule has 11 heteroatoms. The fourth-order valence-corrected chi connectivity index (χ4v) is 3.26. The maximum Gasteiger partial charge on any atom is 0.355 e. The number of carbonyl (C=O) groups is 1. The molecule has 184 valence electrons. The molecule has 3 rings (SSSR count). The monoisotopic (exact) mass is 502 g/mol. The molecule has 0 aliphatic rings. The van der Waals surface area contributed by atoms with Crippen LogP contribution in [0.4, 0.5) is 16.0 Å². The van der Waals surface area contributed by atoms with Crippen LogP contribution in [0, 0.1) is 5.82 Å². The topological polar surface area (TPSA) is 104 Å². The fourth-order valence-electron chi connectivity index (χ4n) is 3.13. The average molecular weight is 503 g/mol. The van der Waals surface area contributed by atoms with E-state index in [1.54, 1.807) is 38.1 Å². The van der Waals surface area contributed by atoms with Gasteiger partial charge in [0, 0.05) is 16.8 Å². The van der Waals surface area contributed by atoms with Crippen molar-refractivity contribution in [1.29, 1.82) is 0 Å². The molecule has 0 bridgehead atoms. The first-order valence-electron chi connectivity index (χ1n) is 10.5. The van der Waals surface area contributed by atoms with Gasteiger partial charge in [0.1, 0.15) is 0 Å². The van der Waals surface area contributed by atoms with Gasteiger partial charge in [-0.3, -0.25) is 4.57 Å². The summed E-state index contributed by atoms with van der Waals surface area (Å²) in [4.78, 5) is 41.7. The van der Waals surface area contributed by atoms with Gasteiger partial charge < -0.3 is 14.8 Å². The largest absolute Gasteiger partial charge is 0.488 e. The molecule has 1 N–H and O–H groups in total. The summed E-state index contributed by atoms with van der Waals surface area (Å²) in [6.45, 7) is 6.70. The number of halogens is 2. The van der Waals surface area contributed by atoms with Crippen LogP contribution in [0.2, 0.25) is 5.02 Å². The summed E-state index contributed by atoms with van der Waals surface area (Å²) >= 11 is 5.95. The molecule has 9 nitrogen and oxygen atoms in total. The molecule has 35 heavy (non-hydrogen) atoms. The highest BCUT2D eigenvalue weighted by Crippen LogP contribution is 2.24. The number of hydrogen-bond acceptors (Lipinski definition) is 7. The maximum atomic E-state index is 14.5. The summed E-state index contributed by atoms with van der Waals surface area (Å²) in [6, 6.07) is 10.9. The number of ether oxygens (including phenoxy) is 2. The molecular weight excluding hydrogens is 479 g/mol. The van der Waals surface area contributed by atoms with Crippen molar-refractivity contribution in [2.75, 3.05) is 12.4 Å². The van der Waals surface area contributed by atoms with E-state index in [4.69, 9.17) is 16.3 Å². The molecule has 0 fully saturated rings. The number of methoxy groups -OCH3 is 1. The average Bonchev–Trinajstić information content (AvgIpc) is 2.81. The minimum Gasteiger partial charge on any atom is -0.488 e. The standard InChI is InChI=1S/C24H24ClFN4O5/c1-14(2)35-20-10-9-18(11-19(20)26)27-22-28-23(32)30(12-15(3)21(31)34-4)24(33)29(22)13-16-5-7-17(25)8-6-16/h5-11,14H,3,12-13H2,1-2,4H3,(H,27,28,32). The van der Waals surface area contributed by atoms with Gasteiger partial charge >= 0.3 is 17.3 Å². The van der Waals surface area contributed by atoms with Crippen molar-refractivity contribution in [1.82, 2.24) is 14.1 Å². The van der Waals surface area contributed by atoms with Crippen molar-refractivity contribution >= 4 is 29.2 Å². The number of anilines is 2. The Morgan fingerprint density at radius 3 is 2.46 bits per heavy atom. The summed E-state index contributed by atoms with van der Waals surface area (Å²) in [7, 11) is 1.16. The first-order valence-corrected chi connectivity index (χ1v) is 10.9. The van der Waals surface area contributed by atoms with Gasteiger partial charge in [-0.05, 0) is 43.7 Å². The molecule has 2 aromatic carbocycles. The molecule has 0 saturated heterocycles. The third kappa shape index (κ3) is 6.36. The number of nitrogens with zero attached hydrogens (tertiary/aromatic N) is 3. The van der Waals surface area contributed by atoms with E-state index in [0.29, 0.717) is 10.6 Å². The van der Waals surface area contributed by atoms with Crippen LogP contribution in [0.5, 0.6) is 5.75 Å². The highest BCUT2D eigenvalue weighted by atomic mass is 35.5. The van der Waals surface area contributed by atoms with E-state index in [0.717, 1.165) is 11.7 Å². The number of nitrogens with one attached hydrogen (secondary N) is 1. The van der Waals surface area contributed by atoms with Crippen molar-refractivity contribution in [3.8, 4) is 5.75 Å². The van der Waals surface area contributed by atoms with Crippen LogP contribution in [-0.4, -0.2) is 33.3 Å². The van der Waals surface area contributed by atoms with Gasteiger partial charge in [-0.25, -0.2) is 23.3 Å².